The van der Waals surface area contributed by atoms with Crippen molar-refractivity contribution in [3.63, 3.8) is 0 Å². The van der Waals surface area contributed by atoms with Crippen molar-refractivity contribution in [1.82, 2.24) is 0 Å². The third-order valence-corrected chi connectivity index (χ3v) is 9.01. The van der Waals surface area contributed by atoms with Crippen LogP contribution in [-0.4, -0.2) is 0 Å². The molecule has 0 amide bonds. The van der Waals surface area contributed by atoms with Crippen LogP contribution in [0.2, 0.25) is 0 Å². The average Bonchev–Trinajstić information content (AvgIpc) is 2.81. The molecule has 0 aromatic rings. The van der Waals surface area contributed by atoms with E-state index in [0.29, 0.717) is 0 Å². The Morgan fingerprint density at radius 1 is 0.613 bits per heavy atom. The molecular weight excluding hydrogens is 374 g/mol. The molecule has 2 fully saturated rings. The minimum absolute atomic E-state index is 0.0382. The van der Waals surface area contributed by atoms with Crippen LogP contribution in [0.3, 0.4) is 0 Å². The molecule has 0 unspecified atom stereocenters. The molecule has 0 aromatic carbocycles. The molecule has 0 aliphatic heterocycles. The van der Waals surface area contributed by atoms with Gasteiger partial charge in [-0.05, 0) is 62.7 Å². The highest BCUT2D eigenvalue weighted by molar-refractivity contribution is 5.02. The normalized spacial score (nSPS) is 29.0. The van der Waals surface area contributed by atoms with Gasteiger partial charge in [-0.15, -0.1) is 0 Å². The van der Waals surface area contributed by atoms with Gasteiger partial charge in [-0.2, -0.15) is 5.26 Å². The molecule has 1 nitrogen and oxygen atoms in total. The lowest BCUT2D eigenvalue weighted by molar-refractivity contribution is 0.114. The largest absolute Gasteiger partial charge is 0.198 e. The molecule has 0 N–H and O–H groups in total. The first-order valence-electron chi connectivity index (χ1n) is 14.6. The van der Waals surface area contributed by atoms with Crippen LogP contribution in [0.4, 0.5) is 0 Å². The summed E-state index contributed by atoms with van der Waals surface area (Å²) in [6.07, 6.45) is 32.0. The van der Waals surface area contributed by atoms with E-state index in [0.717, 1.165) is 17.8 Å². The second kappa shape index (κ2) is 16.2. The highest BCUT2D eigenvalue weighted by Crippen LogP contribution is 2.47. The molecule has 0 bridgehead atoms. The molecule has 180 valence electrons. The van der Waals surface area contributed by atoms with Crippen molar-refractivity contribution in [3.05, 3.63) is 0 Å². The Balaban J connectivity index is 1.54. The average molecular weight is 430 g/mol. The first-order valence-corrected chi connectivity index (χ1v) is 14.6. The highest BCUT2D eigenvalue weighted by Gasteiger charge is 2.38. The number of rotatable bonds is 16. The smallest absolute Gasteiger partial charge is 0.0689 e. The lowest BCUT2D eigenvalue weighted by Gasteiger charge is -2.41. The number of unbranched alkanes of at least 4 members (excludes halogenated alkanes) is 11. The fourth-order valence-corrected chi connectivity index (χ4v) is 6.66. The van der Waals surface area contributed by atoms with Crippen molar-refractivity contribution in [2.24, 2.45) is 23.2 Å². The van der Waals surface area contributed by atoms with Gasteiger partial charge >= 0.3 is 0 Å². The summed E-state index contributed by atoms with van der Waals surface area (Å²) in [7, 11) is 0. The van der Waals surface area contributed by atoms with E-state index in [9.17, 15) is 5.26 Å². The Bertz CT molecular complexity index is 459. The summed E-state index contributed by atoms with van der Waals surface area (Å²) in [5.41, 5.74) is 0.0382. The van der Waals surface area contributed by atoms with E-state index in [1.165, 1.54) is 148 Å². The maximum atomic E-state index is 9.90. The lowest BCUT2D eigenvalue weighted by atomic mass is 9.63. The summed E-state index contributed by atoms with van der Waals surface area (Å²) in [6, 6.07) is 2.79. The van der Waals surface area contributed by atoms with Gasteiger partial charge in [-0.3, -0.25) is 0 Å². The van der Waals surface area contributed by atoms with E-state index in [4.69, 9.17) is 0 Å². The van der Waals surface area contributed by atoms with Crippen LogP contribution in [0.25, 0.3) is 0 Å². The van der Waals surface area contributed by atoms with Gasteiger partial charge in [-0.1, -0.05) is 117 Å². The van der Waals surface area contributed by atoms with Gasteiger partial charge in [-0.25, -0.2) is 0 Å². The molecule has 0 spiro atoms. The Morgan fingerprint density at radius 3 is 1.65 bits per heavy atom. The molecule has 1 heteroatoms. The third kappa shape index (κ3) is 10.3. The number of hydrogen-bond donors (Lipinski definition) is 0. The van der Waals surface area contributed by atoms with Gasteiger partial charge in [0.2, 0.25) is 0 Å². The predicted molar refractivity (Wildman–Crippen MR) is 136 cm³/mol. The number of nitrogens with zero attached hydrogens (tertiary/aromatic N) is 1. The zero-order chi connectivity index (χ0) is 22.2. The quantitative estimate of drug-likeness (QED) is 0.224. The van der Waals surface area contributed by atoms with E-state index in [-0.39, 0.29) is 5.41 Å². The van der Waals surface area contributed by atoms with Crippen LogP contribution in [0.5, 0.6) is 0 Å². The Labute approximate surface area is 196 Å². The fraction of sp³-hybridized carbons (Fsp3) is 0.967. The van der Waals surface area contributed by atoms with Gasteiger partial charge in [0.1, 0.15) is 0 Å². The van der Waals surface area contributed by atoms with Gasteiger partial charge < -0.3 is 0 Å². The number of hydrogen-bond acceptors (Lipinski definition) is 1. The fourth-order valence-electron chi connectivity index (χ4n) is 6.66. The van der Waals surface area contributed by atoms with Gasteiger partial charge in [0.25, 0.3) is 0 Å². The van der Waals surface area contributed by atoms with Crippen molar-refractivity contribution >= 4 is 0 Å². The van der Waals surface area contributed by atoms with Crippen molar-refractivity contribution in [2.45, 2.75) is 162 Å². The maximum absolute atomic E-state index is 9.90. The van der Waals surface area contributed by atoms with Crippen LogP contribution in [0.15, 0.2) is 0 Å². The molecule has 2 saturated carbocycles. The van der Waals surface area contributed by atoms with Crippen LogP contribution >= 0.6 is 0 Å². The molecule has 0 aromatic heterocycles. The van der Waals surface area contributed by atoms with E-state index in [2.05, 4.69) is 19.9 Å². The van der Waals surface area contributed by atoms with Crippen LogP contribution in [0, 0.1) is 34.5 Å². The van der Waals surface area contributed by atoms with Gasteiger partial charge in [0.15, 0.2) is 0 Å². The summed E-state index contributed by atoms with van der Waals surface area (Å²) >= 11 is 0. The summed E-state index contributed by atoms with van der Waals surface area (Å²) in [5, 5.41) is 9.90. The topological polar surface area (TPSA) is 23.8 Å². The Hall–Kier alpha value is -0.510. The molecule has 0 heterocycles. The zero-order valence-corrected chi connectivity index (χ0v) is 21.4. The summed E-state index contributed by atoms with van der Waals surface area (Å²) < 4.78 is 0. The van der Waals surface area contributed by atoms with E-state index >= 15 is 0 Å². The second-order valence-corrected chi connectivity index (χ2v) is 11.4. The SMILES string of the molecule is CCCCCCCCCCC1CCC(C2CCC(C#N)(CCCCCCC)CC2)CC1. The molecular formula is C30H55N. The van der Waals surface area contributed by atoms with Crippen molar-refractivity contribution in [2.75, 3.05) is 0 Å². The van der Waals surface area contributed by atoms with E-state index < -0.39 is 0 Å². The lowest BCUT2D eigenvalue weighted by Crippen LogP contribution is -2.31. The second-order valence-electron chi connectivity index (χ2n) is 11.4. The Morgan fingerprint density at radius 2 is 1.10 bits per heavy atom. The minimum Gasteiger partial charge on any atom is -0.198 e. The van der Waals surface area contributed by atoms with Crippen molar-refractivity contribution in [1.29, 1.82) is 5.26 Å². The Kier molecular flexibility index (Phi) is 13.9. The van der Waals surface area contributed by atoms with Gasteiger partial charge in [0, 0.05) is 0 Å². The third-order valence-electron chi connectivity index (χ3n) is 9.01. The molecule has 2 rings (SSSR count). The van der Waals surface area contributed by atoms with Crippen LogP contribution < -0.4 is 0 Å². The zero-order valence-electron chi connectivity index (χ0n) is 21.4. The summed E-state index contributed by atoms with van der Waals surface area (Å²) in [6.45, 7) is 4.58. The standard InChI is InChI=1S/C30H55N/c1-3-5-7-9-10-11-12-14-16-27-17-19-28(20-18-27)29-21-24-30(26-31,25-22-29)23-15-13-8-6-4-2/h27-29H,3-25H2,1-2H3. The first kappa shape index (κ1) is 26.7. The van der Waals surface area contributed by atoms with E-state index in [1.54, 1.807) is 0 Å². The minimum atomic E-state index is 0.0382. The molecule has 2 aliphatic carbocycles. The first-order chi connectivity index (χ1) is 15.2. The van der Waals surface area contributed by atoms with Crippen molar-refractivity contribution in [3.8, 4) is 6.07 Å². The number of nitriles is 1. The van der Waals surface area contributed by atoms with Gasteiger partial charge in [0.05, 0.1) is 11.5 Å². The van der Waals surface area contributed by atoms with Crippen LogP contribution in [-0.2, 0) is 0 Å². The molecule has 2 aliphatic rings. The molecule has 0 atom stereocenters. The molecule has 0 radical (unpaired) electrons. The van der Waals surface area contributed by atoms with E-state index in [1.807, 2.05) is 0 Å². The highest BCUT2D eigenvalue weighted by atomic mass is 14.4. The monoisotopic (exact) mass is 429 g/mol. The summed E-state index contributed by atoms with van der Waals surface area (Å²) in [5.74, 6) is 2.95. The summed E-state index contributed by atoms with van der Waals surface area (Å²) in [4.78, 5) is 0. The predicted octanol–water partition coefficient (Wildman–Crippen LogP) is 10.4. The molecule has 31 heavy (non-hydrogen) atoms. The van der Waals surface area contributed by atoms with Crippen molar-refractivity contribution < 1.29 is 0 Å². The molecule has 0 saturated heterocycles. The van der Waals surface area contributed by atoms with Crippen LogP contribution in [0.1, 0.15) is 162 Å². The maximum Gasteiger partial charge on any atom is 0.0689 e.